The molecule has 0 saturated heterocycles. The number of rotatable bonds is 7. The first-order valence-corrected chi connectivity index (χ1v) is 10.1. The minimum absolute atomic E-state index is 0.0187. The number of hydrogen-bond donors (Lipinski definition) is 2. The molecule has 0 aliphatic heterocycles. The van der Waals surface area contributed by atoms with Gasteiger partial charge in [-0.1, -0.05) is 12.1 Å². The molecule has 3 N–H and O–H groups in total. The maximum Gasteiger partial charge on any atom is 0.243 e. The lowest BCUT2D eigenvalue weighted by molar-refractivity contribution is 0.555. The quantitative estimate of drug-likeness (QED) is 0.574. The first kappa shape index (κ1) is 20.4. The Morgan fingerprint density at radius 2 is 1.83 bits per heavy atom. The molecule has 3 rings (SSSR count). The van der Waals surface area contributed by atoms with Crippen molar-refractivity contribution >= 4 is 15.8 Å². The number of nitrogens with one attached hydrogen (secondary N) is 1. The van der Waals surface area contributed by atoms with Crippen LogP contribution in [0.25, 0.3) is 5.69 Å². The molecule has 0 atom stereocenters. The molecular formula is C19H17F2N5O2S. The zero-order valence-corrected chi connectivity index (χ0v) is 16.0. The van der Waals surface area contributed by atoms with E-state index < -0.39 is 26.6 Å². The van der Waals surface area contributed by atoms with Crippen LogP contribution in [0.15, 0.2) is 53.4 Å². The number of sulfonamides is 1. The van der Waals surface area contributed by atoms with Gasteiger partial charge in [-0.2, -0.15) is 10.4 Å². The maximum absolute atomic E-state index is 13.7. The van der Waals surface area contributed by atoms with Crippen molar-refractivity contribution < 1.29 is 17.2 Å². The van der Waals surface area contributed by atoms with Crippen LogP contribution in [-0.4, -0.2) is 24.7 Å². The van der Waals surface area contributed by atoms with Crippen LogP contribution in [0.5, 0.6) is 0 Å². The molecule has 0 aliphatic rings. The molecule has 10 heteroatoms. The highest BCUT2D eigenvalue weighted by molar-refractivity contribution is 7.89. The number of aryl methyl sites for hydroxylation is 1. The van der Waals surface area contributed by atoms with Gasteiger partial charge in [-0.25, -0.2) is 26.6 Å². The Balaban J connectivity index is 1.70. The van der Waals surface area contributed by atoms with Crippen LogP contribution in [-0.2, 0) is 16.4 Å². The van der Waals surface area contributed by atoms with Gasteiger partial charge in [0.25, 0.3) is 0 Å². The predicted molar refractivity (Wildman–Crippen MR) is 103 cm³/mol. The largest absolute Gasteiger partial charge is 0.382 e. The summed E-state index contributed by atoms with van der Waals surface area (Å²) in [5.41, 5.74) is 7.04. The van der Waals surface area contributed by atoms with Gasteiger partial charge in [0.15, 0.2) is 0 Å². The highest BCUT2D eigenvalue weighted by Gasteiger charge is 2.19. The number of anilines is 1. The summed E-state index contributed by atoms with van der Waals surface area (Å²) >= 11 is 0. The smallest absolute Gasteiger partial charge is 0.243 e. The van der Waals surface area contributed by atoms with Gasteiger partial charge in [-0.15, -0.1) is 0 Å². The number of nitrogens with zero attached hydrogens (tertiary/aromatic N) is 3. The third-order valence-electron chi connectivity index (χ3n) is 4.19. The zero-order valence-electron chi connectivity index (χ0n) is 15.1. The molecule has 1 aromatic heterocycles. The molecule has 0 unspecified atom stereocenters. The number of halogens is 2. The van der Waals surface area contributed by atoms with Crippen LogP contribution < -0.4 is 10.5 Å². The summed E-state index contributed by atoms with van der Waals surface area (Å²) in [7, 11) is -3.99. The van der Waals surface area contributed by atoms with Gasteiger partial charge in [-0.3, -0.25) is 0 Å². The second kappa shape index (κ2) is 8.38. The van der Waals surface area contributed by atoms with E-state index in [-0.39, 0.29) is 24.3 Å². The fraction of sp³-hybridized carbons (Fsp3) is 0.158. The number of benzene rings is 2. The van der Waals surface area contributed by atoms with Crippen LogP contribution in [0.3, 0.4) is 0 Å². The third kappa shape index (κ3) is 4.42. The van der Waals surface area contributed by atoms with Gasteiger partial charge in [0.05, 0.1) is 11.4 Å². The van der Waals surface area contributed by atoms with Gasteiger partial charge >= 0.3 is 0 Å². The molecule has 0 saturated carbocycles. The van der Waals surface area contributed by atoms with E-state index in [4.69, 9.17) is 5.73 Å². The molecule has 0 amide bonds. The number of nitrogen functional groups attached to an aromatic ring is 1. The zero-order chi connectivity index (χ0) is 21.0. The molecule has 0 aliphatic carbocycles. The molecule has 3 aromatic rings. The topological polar surface area (TPSA) is 114 Å². The number of hydrogen-bond acceptors (Lipinski definition) is 5. The third-order valence-corrected chi connectivity index (χ3v) is 5.68. The molecule has 0 spiro atoms. The normalized spacial score (nSPS) is 11.3. The lowest BCUT2D eigenvalue weighted by atomic mass is 10.1. The van der Waals surface area contributed by atoms with Crippen LogP contribution in [0.4, 0.5) is 14.6 Å². The van der Waals surface area contributed by atoms with Gasteiger partial charge in [-0.05, 0) is 49.2 Å². The molecule has 29 heavy (non-hydrogen) atoms. The number of nitrogens with two attached hydrogens (primary N) is 1. The van der Waals surface area contributed by atoms with Crippen LogP contribution in [0.2, 0.25) is 0 Å². The summed E-state index contributed by atoms with van der Waals surface area (Å²) in [6, 6.07) is 12.5. The van der Waals surface area contributed by atoms with E-state index in [1.54, 1.807) is 0 Å². The van der Waals surface area contributed by atoms with E-state index in [0.29, 0.717) is 17.8 Å². The lowest BCUT2D eigenvalue weighted by Gasteiger charge is -2.07. The van der Waals surface area contributed by atoms with Gasteiger partial charge in [0, 0.05) is 6.54 Å². The second-order valence-electron chi connectivity index (χ2n) is 6.14. The standard InChI is InChI=1S/C19H17F2N5O2S/c20-13-7-9-14(10-8-13)26-19(23)15(12-22)17(25-26)5-3-11-24-29(27,28)18-6-2-1-4-16(18)21/h1-2,4,6-10,24H,3,5,11,23H2. The van der Waals surface area contributed by atoms with E-state index in [9.17, 15) is 22.5 Å². The van der Waals surface area contributed by atoms with Crippen LogP contribution in [0.1, 0.15) is 17.7 Å². The van der Waals surface area contributed by atoms with Crippen molar-refractivity contribution in [1.29, 1.82) is 5.26 Å². The monoisotopic (exact) mass is 417 g/mol. The average molecular weight is 417 g/mol. The Hall–Kier alpha value is -3.29. The summed E-state index contributed by atoms with van der Waals surface area (Å²) in [5.74, 6) is -1.14. The highest BCUT2D eigenvalue weighted by Crippen LogP contribution is 2.22. The van der Waals surface area contributed by atoms with E-state index in [1.807, 2.05) is 6.07 Å². The Morgan fingerprint density at radius 1 is 1.14 bits per heavy atom. The number of nitriles is 1. The van der Waals surface area contributed by atoms with Crippen molar-refractivity contribution in [3.8, 4) is 11.8 Å². The summed E-state index contributed by atoms with van der Waals surface area (Å²) in [6.07, 6.45) is 0.573. The maximum atomic E-state index is 13.7. The summed E-state index contributed by atoms with van der Waals surface area (Å²) in [6.45, 7) is 0.0187. The first-order chi connectivity index (χ1) is 13.8. The Morgan fingerprint density at radius 3 is 2.48 bits per heavy atom. The van der Waals surface area contributed by atoms with Crippen LogP contribution >= 0.6 is 0 Å². The molecule has 2 aromatic carbocycles. The van der Waals surface area contributed by atoms with Crippen molar-refractivity contribution in [3.05, 3.63) is 71.4 Å². The molecule has 0 bridgehead atoms. The van der Waals surface area contributed by atoms with Crippen molar-refractivity contribution in [2.75, 3.05) is 12.3 Å². The van der Waals surface area contributed by atoms with Crippen molar-refractivity contribution in [3.63, 3.8) is 0 Å². The molecule has 0 fully saturated rings. The van der Waals surface area contributed by atoms with Crippen molar-refractivity contribution in [1.82, 2.24) is 14.5 Å². The van der Waals surface area contributed by atoms with Gasteiger partial charge in [0.1, 0.15) is 34.0 Å². The van der Waals surface area contributed by atoms with Crippen molar-refractivity contribution in [2.45, 2.75) is 17.7 Å². The summed E-state index contributed by atoms with van der Waals surface area (Å²) < 4.78 is 54.8. The van der Waals surface area contributed by atoms with E-state index >= 15 is 0 Å². The predicted octanol–water partition coefficient (Wildman–Crippen LogP) is 2.52. The minimum atomic E-state index is -3.99. The lowest BCUT2D eigenvalue weighted by Crippen LogP contribution is -2.26. The first-order valence-electron chi connectivity index (χ1n) is 8.61. The Kier molecular flexibility index (Phi) is 5.91. The van der Waals surface area contributed by atoms with E-state index in [2.05, 4.69) is 9.82 Å². The SMILES string of the molecule is N#Cc1c(CCCNS(=O)(=O)c2ccccc2F)nn(-c2ccc(F)cc2)c1N. The molecule has 150 valence electrons. The average Bonchev–Trinajstić information content (AvgIpc) is 3.01. The Bertz CT molecular complexity index is 1170. The summed E-state index contributed by atoms with van der Waals surface area (Å²) in [5, 5.41) is 13.7. The fourth-order valence-corrected chi connectivity index (χ4v) is 3.91. The summed E-state index contributed by atoms with van der Waals surface area (Å²) in [4.78, 5) is -0.428. The van der Waals surface area contributed by atoms with Crippen molar-refractivity contribution in [2.24, 2.45) is 0 Å². The second-order valence-corrected chi connectivity index (χ2v) is 7.87. The van der Waals surface area contributed by atoms with Gasteiger partial charge < -0.3 is 5.73 Å². The highest BCUT2D eigenvalue weighted by atomic mass is 32.2. The van der Waals surface area contributed by atoms with E-state index in [1.165, 1.54) is 47.1 Å². The van der Waals surface area contributed by atoms with E-state index in [0.717, 1.165) is 6.07 Å². The van der Waals surface area contributed by atoms with Gasteiger partial charge in [0.2, 0.25) is 10.0 Å². The minimum Gasteiger partial charge on any atom is -0.382 e. The fourth-order valence-electron chi connectivity index (χ4n) is 2.76. The molecule has 7 nitrogen and oxygen atoms in total. The molecular weight excluding hydrogens is 400 g/mol. The van der Waals surface area contributed by atoms with Crippen LogP contribution in [0, 0.1) is 23.0 Å². The Labute approximate surface area is 166 Å². The molecule has 0 radical (unpaired) electrons. The molecule has 1 heterocycles. The number of aromatic nitrogens is 2.